The van der Waals surface area contributed by atoms with Gasteiger partial charge in [0.15, 0.2) is 0 Å². The monoisotopic (exact) mass is 322 g/mol. The Labute approximate surface area is 139 Å². The second kappa shape index (κ2) is 6.75. The third-order valence-electron chi connectivity index (χ3n) is 3.97. The second-order valence-corrected chi connectivity index (χ2v) is 5.67. The molecule has 3 aromatic rings. The average Bonchev–Trinajstić information content (AvgIpc) is 2.62. The molecular weight excluding hydrogens is 306 g/mol. The van der Waals surface area contributed by atoms with Gasteiger partial charge in [-0.3, -0.25) is 4.79 Å². The Bertz CT molecular complexity index is 831. The Hall–Kier alpha value is -2.81. The van der Waals surface area contributed by atoms with E-state index in [-0.39, 0.29) is 17.5 Å². The third kappa shape index (κ3) is 3.25. The normalized spacial score (nSPS) is 13.2. The molecule has 24 heavy (non-hydrogen) atoms. The summed E-state index contributed by atoms with van der Waals surface area (Å²) in [6.45, 7) is 0. The number of rotatable bonds is 5. The number of carbonyl (C=O) groups excluding carboxylic acids is 1. The van der Waals surface area contributed by atoms with Crippen LogP contribution >= 0.6 is 0 Å². The molecule has 0 amide bonds. The quantitative estimate of drug-likeness (QED) is 0.596. The second-order valence-electron chi connectivity index (χ2n) is 5.67. The first kappa shape index (κ1) is 16.1. The van der Waals surface area contributed by atoms with Crippen LogP contribution in [0.4, 0.5) is 8.78 Å². The number of ketones is 1. The van der Waals surface area contributed by atoms with E-state index in [1.807, 2.05) is 6.07 Å². The predicted octanol–water partition coefficient (Wildman–Crippen LogP) is 5.12. The molecule has 0 aliphatic rings. The summed E-state index contributed by atoms with van der Waals surface area (Å²) in [6.07, 6.45) is -0.104. The lowest BCUT2D eigenvalue weighted by atomic mass is 9.82. The molecule has 1 atom stereocenters. The van der Waals surface area contributed by atoms with E-state index in [1.54, 1.807) is 54.6 Å². The molecule has 0 aliphatic heterocycles. The highest BCUT2D eigenvalue weighted by Crippen LogP contribution is 2.34. The van der Waals surface area contributed by atoms with Gasteiger partial charge in [0.2, 0.25) is 11.5 Å². The van der Waals surface area contributed by atoms with E-state index < -0.39 is 17.3 Å². The Morgan fingerprint density at radius 2 is 1.46 bits per heavy atom. The zero-order valence-corrected chi connectivity index (χ0v) is 13.0. The number of alkyl halides is 1. The number of hydrogen-bond acceptors (Lipinski definition) is 1. The summed E-state index contributed by atoms with van der Waals surface area (Å²) >= 11 is 0. The van der Waals surface area contributed by atoms with Crippen LogP contribution in [-0.4, -0.2) is 5.78 Å². The van der Waals surface area contributed by atoms with E-state index in [1.165, 1.54) is 18.2 Å². The van der Waals surface area contributed by atoms with E-state index in [4.69, 9.17) is 0 Å². The van der Waals surface area contributed by atoms with Crippen molar-refractivity contribution in [3.05, 3.63) is 107 Å². The molecule has 0 aromatic heterocycles. The number of carbonyl (C=O) groups is 1. The topological polar surface area (TPSA) is 17.1 Å². The summed E-state index contributed by atoms with van der Waals surface area (Å²) in [7, 11) is 0. The third-order valence-corrected chi connectivity index (χ3v) is 3.97. The van der Waals surface area contributed by atoms with Crippen molar-refractivity contribution in [1.29, 1.82) is 0 Å². The maximum Gasteiger partial charge on any atom is 0.205 e. The van der Waals surface area contributed by atoms with Gasteiger partial charge in [0, 0.05) is 12.0 Å². The van der Waals surface area contributed by atoms with Gasteiger partial charge in [-0.15, -0.1) is 0 Å². The molecule has 3 heteroatoms. The van der Waals surface area contributed by atoms with Gasteiger partial charge in [0.25, 0.3) is 0 Å². The lowest BCUT2D eigenvalue weighted by Gasteiger charge is -2.25. The van der Waals surface area contributed by atoms with Crippen molar-refractivity contribution in [2.45, 2.75) is 12.1 Å². The Morgan fingerprint density at radius 1 is 0.833 bits per heavy atom. The Kier molecular flexibility index (Phi) is 4.52. The van der Waals surface area contributed by atoms with Crippen LogP contribution in [0, 0.1) is 5.82 Å². The summed E-state index contributed by atoms with van der Waals surface area (Å²) < 4.78 is 29.4. The van der Waals surface area contributed by atoms with E-state index in [9.17, 15) is 9.18 Å². The first-order valence-corrected chi connectivity index (χ1v) is 7.68. The molecule has 0 aliphatic carbocycles. The fraction of sp³-hybridized carbons (Fsp3) is 0.0952. The number of benzene rings is 3. The van der Waals surface area contributed by atoms with Crippen molar-refractivity contribution < 1.29 is 13.6 Å². The molecule has 0 radical (unpaired) electrons. The van der Waals surface area contributed by atoms with Crippen molar-refractivity contribution in [3.63, 3.8) is 0 Å². The number of Topliss-reactive ketones (excluding diaryl/α,β-unsaturated/α-hetero) is 1. The fourth-order valence-electron chi connectivity index (χ4n) is 2.75. The number of hydrogen-bond donors (Lipinski definition) is 0. The number of halogens is 2. The van der Waals surface area contributed by atoms with Gasteiger partial charge in [-0.25, -0.2) is 8.78 Å². The van der Waals surface area contributed by atoms with Crippen molar-refractivity contribution in [1.82, 2.24) is 0 Å². The van der Waals surface area contributed by atoms with Crippen molar-refractivity contribution in [3.8, 4) is 0 Å². The molecule has 0 spiro atoms. The molecule has 1 nitrogen and oxygen atoms in total. The van der Waals surface area contributed by atoms with Gasteiger partial charge in [-0.1, -0.05) is 72.8 Å². The molecule has 0 unspecified atom stereocenters. The van der Waals surface area contributed by atoms with Gasteiger partial charge < -0.3 is 0 Å². The fourth-order valence-corrected chi connectivity index (χ4v) is 2.75. The molecule has 0 fully saturated rings. The maximum absolute atomic E-state index is 15.9. The van der Waals surface area contributed by atoms with Gasteiger partial charge in [-0.2, -0.15) is 0 Å². The molecule has 3 rings (SSSR count). The van der Waals surface area contributed by atoms with Gasteiger partial charge in [0.05, 0.1) is 0 Å². The summed E-state index contributed by atoms with van der Waals surface area (Å²) in [5.74, 6) is -1.30. The lowest BCUT2D eigenvalue weighted by Crippen LogP contribution is -2.33. The van der Waals surface area contributed by atoms with E-state index in [2.05, 4.69) is 0 Å². The summed E-state index contributed by atoms with van der Waals surface area (Å²) in [4.78, 5) is 12.9. The molecule has 0 bridgehead atoms. The highest BCUT2D eigenvalue weighted by molar-refractivity contribution is 6.03. The predicted molar refractivity (Wildman–Crippen MR) is 90.1 cm³/mol. The van der Waals surface area contributed by atoms with Gasteiger partial charge >= 0.3 is 0 Å². The van der Waals surface area contributed by atoms with E-state index in [0.29, 0.717) is 5.56 Å². The van der Waals surface area contributed by atoms with Crippen LogP contribution in [0.2, 0.25) is 0 Å². The summed E-state index contributed by atoms with van der Waals surface area (Å²) in [5.41, 5.74) is -1.26. The smallest absolute Gasteiger partial charge is 0.205 e. The van der Waals surface area contributed by atoms with Crippen LogP contribution in [0.5, 0.6) is 0 Å². The highest BCUT2D eigenvalue weighted by atomic mass is 19.1. The minimum absolute atomic E-state index is 0.0253. The van der Waals surface area contributed by atoms with E-state index >= 15 is 4.39 Å². The van der Waals surface area contributed by atoms with Gasteiger partial charge in [-0.05, 0) is 23.3 Å². The first-order chi connectivity index (χ1) is 11.6. The lowest BCUT2D eigenvalue weighted by molar-refractivity contribution is 0.0676. The zero-order valence-electron chi connectivity index (χ0n) is 13.0. The average molecular weight is 322 g/mol. The SMILES string of the molecule is O=C(c1cccc(F)c1)[C@](F)(Cc1ccccc1)c1ccccc1. The maximum atomic E-state index is 15.9. The zero-order chi connectivity index (χ0) is 17.0. The van der Waals surface area contributed by atoms with Gasteiger partial charge in [0.1, 0.15) is 5.82 Å². The van der Waals surface area contributed by atoms with Crippen LogP contribution < -0.4 is 0 Å². The van der Waals surface area contributed by atoms with Crippen molar-refractivity contribution in [2.24, 2.45) is 0 Å². The van der Waals surface area contributed by atoms with Crippen LogP contribution in [0.1, 0.15) is 21.5 Å². The van der Waals surface area contributed by atoms with Crippen LogP contribution in [0.25, 0.3) is 0 Å². The minimum Gasteiger partial charge on any atom is -0.290 e. The molecule has 120 valence electrons. The van der Waals surface area contributed by atoms with Crippen LogP contribution in [-0.2, 0) is 12.1 Å². The van der Waals surface area contributed by atoms with Crippen molar-refractivity contribution >= 4 is 5.78 Å². The Balaban J connectivity index is 2.06. The molecular formula is C21H16F2O. The molecule has 0 saturated carbocycles. The van der Waals surface area contributed by atoms with Crippen LogP contribution in [0.15, 0.2) is 84.9 Å². The standard InChI is InChI=1S/C21H16F2O/c22-19-13-7-10-17(14-19)20(24)21(23,18-11-5-2-6-12-18)15-16-8-3-1-4-9-16/h1-14H,15H2/t21-/m0/s1. The first-order valence-electron chi connectivity index (χ1n) is 7.68. The summed E-state index contributed by atoms with van der Waals surface area (Å²) in [6, 6.07) is 22.4. The van der Waals surface area contributed by atoms with E-state index in [0.717, 1.165) is 6.07 Å². The molecule has 0 heterocycles. The minimum atomic E-state index is -2.25. The molecule has 0 N–H and O–H groups in total. The Morgan fingerprint density at radius 3 is 2.08 bits per heavy atom. The molecule has 0 saturated heterocycles. The summed E-state index contributed by atoms with van der Waals surface area (Å²) in [5, 5.41) is 0. The van der Waals surface area contributed by atoms with Crippen LogP contribution in [0.3, 0.4) is 0 Å². The highest BCUT2D eigenvalue weighted by Gasteiger charge is 2.41. The molecule has 3 aromatic carbocycles. The largest absolute Gasteiger partial charge is 0.290 e. The van der Waals surface area contributed by atoms with Crippen molar-refractivity contribution in [2.75, 3.05) is 0 Å².